The molecule has 0 saturated heterocycles. The van der Waals surface area contributed by atoms with E-state index < -0.39 is 0 Å². The third kappa shape index (κ3) is 5.21. The molecule has 4 rings (SSSR count). The van der Waals surface area contributed by atoms with Crippen molar-refractivity contribution in [1.29, 1.82) is 0 Å². The minimum Gasteiger partial charge on any atom is -0.492 e. The molecule has 2 heteroatoms. The second-order valence-electron chi connectivity index (χ2n) is 7.78. The van der Waals surface area contributed by atoms with Crippen LogP contribution in [0.4, 0.5) is 0 Å². The molecule has 0 bridgehead atoms. The van der Waals surface area contributed by atoms with E-state index in [9.17, 15) is 0 Å². The van der Waals surface area contributed by atoms with Crippen LogP contribution in [0.3, 0.4) is 0 Å². The van der Waals surface area contributed by atoms with E-state index in [1.807, 2.05) is 12.4 Å². The molecular formula is C29H29NO. The van der Waals surface area contributed by atoms with Gasteiger partial charge in [-0.25, -0.2) is 0 Å². The van der Waals surface area contributed by atoms with Gasteiger partial charge in [0.1, 0.15) is 5.75 Å². The van der Waals surface area contributed by atoms with Crippen LogP contribution in [0.15, 0.2) is 97.3 Å². The summed E-state index contributed by atoms with van der Waals surface area (Å²) in [4.78, 5) is 4.19. The average Bonchev–Trinajstić information content (AvgIpc) is 2.85. The number of unbranched alkanes of at least 4 members (excludes halogenated alkanes) is 3. The second kappa shape index (κ2) is 10.6. The van der Waals surface area contributed by atoms with Crippen LogP contribution in [0.5, 0.6) is 5.75 Å². The predicted octanol–water partition coefficient (Wildman–Crippen LogP) is 8.04. The Morgan fingerprint density at radius 2 is 1.19 bits per heavy atom. The molecule has 0 aliphatic carbocycles. The van der Waals surface area contributed by atoms with Gasteiger partial charge >= 0.3 is 0 Å². The van der Waals surface area contributed by atoms with Crippen molar-refractivity contribution in [3.63, 3.8) is 0 Å². The molecule has 156 valence electrons. The summed E-state index contributed by atoms with van der Waals surface area (Å²) >= 11 is 0. The summed E-state index contributed by atoms with van der Waals surface area (Å²) in [5, 5.41) is 0. The Balaban J connectivity index is 1.85. The van der Waals surface area contributed by atoms with Crippen LogP contribution in [0.1, 0.15) is 32.6 Å². The van der Waals surface area contributed by atoms with Crippen molar-refractivity contribution in [2.75, 3.05) is 6.61 Å². The standard InChI is InChI=1S/C29H29NO/c1-2-3-4-11-20-31-29-27(24-12-7-5-8-13-24)21-26(23-16-18-30-19-17-23)22-28(29)25-14-9-6-10-15-25/h5-10,12-19,21-22H,2-4,11,20H2,1H3. The number of nitrogens with zero attached hydrogens (tertiary/aromatic N) is 1. The van der Waals surface area contributed by atoms with Crippen molar-refractivity contribution in [2.45, 2.75) is 32.6 Å². The molecule has 4 aromatic rings. The van der Waals surface area contributed by atoms with E-state index in [-0.39, 0.29) is 0 Å². The molecule has 0 atom stereocenters. The van der Waals surface area contributed by atoms with Gasteiger partial charge in [-0.05, 0) is 52.9 Å². The van der Waals surface area contributed by atoms with E-state index in [2.05, 4.69) is 96.8 Å². The lowest BCUT2D eigenvalue weighted by Crippen LogP contribution is -2.01. The van der Waals surface area contributed by atoms with Crippen molar-refractivity contribution >= 4 is 0 Å². The fourth-order valence-electron chi connectivity index (χ4n) is 3.86. The van der Waals surface area contributed by atoms with E-state index in [1.165, 1.54) is 36.0 Å². The summed E-state index contributed by atoms with van der Waals surface area (Å²) in [5.74, 6) is 0.965. The van der Waals surface area contributed by atoms with Crippen LogP contribution in [-0.2, 0) is 0 Å². The van der Waals surface area contributed by atoms with Gasteiger partial charge in [0, 0.05) is 23.5 Å². The van der Waals surface area contributed by atoms with Crippen molar-refractivity contribution in [3.8, 4) is 39.1 Å². The molecule has 0 aliphatic heterocycles. The second-order valence-corrected chi connectivity index (χ2v) is 7.78. The third-order valence-electron chi connectivity index (χ3n) is 5.52. The van der Waals surface area contributed by atoms with E-state index in [1.54, 1.807) is 0 Å². The Hall–Kier alpha value is -3.39. The van der Waals surface area contributed by atoms with Gasteiger partial charge in [0.15, 0.2) is 0 Å². The Kier molecular flexibility index (Phi) is 7.12. The first-order valence-corrected chi connectivity index (χ1v) is 11.2. The minimum atomic E-state index is 0.730. The number of hydrogen-bond acceptors (Lipinski definition) is 2. The van der Waals surface area contributed by atoms with Gasteiger partial charge < -0.3 is 4.74 Å². The molecule has 0 radical (unpaired) electrons. The van der Waals surface area contributed by atoms with Gasteiger partial charge in [0.2, 0.25) is 0 Å². The van der Waals surface area contributed by atoms with Crippen molar-refractivity contribution in [2.24, 2.45) is 0 Å². The Bertz CT molecular complexity index is 1020. The predicted molar refractivity (Wildman–Crippen MR) is 130 cm³/mol. The lowest BCUT2D eigenvalue weighted by Gasteiger charge is -2.19. The van der Waals surface area contributed by atoms with Crippen LogP contribution in [0, 0.1) is 0 Å². The Morgan fingerprint density at radius 3 is 1.74 bits per heavy atom. The first-order valence-electron chi connectivity index (χ1n) is 11.2. The zero-order valence-electron chi connectivity index (χ0n) is 18.1. The number of ether oxygens (including phenoxy) is 1. The first kappa shape index (κ1) is 20.9. The summed E-state index contributed by atoms with van der Waals surface area (Å²) in [6, 6.07) is 29.7. The summed E-state index contributed by atoms with van der Waals surface area (Å²) in [7, 11) is 0. The molecule has 2 nitrogen and oxygen atoms in total. The summed E-state index contributed by atoms with van der Waals surface area (Å²) < 4.78 is 6.50. The van der Waals surface area contributed by atoms with Gasteiger partial charge in [-0.2, -0.15) is 0 Å². The van der Waals surface area contributed by atoms with E-state index in [0.717, 1.165) is 35.5 Å². The Labute approximate surface area is 185 Å². The molecule has 0 fully saturated rings. The topological polar surface area (TPSA) is 22.1 Å². The molecule has 0 N–H and O–H groups in total. The summed E-state index contributed by atoms with van der Waals surface area (Å²) in [6.45, 7) is 2.97. The molecule has 0 amide bonds. The lowest BCUT2D eigenvalue weighted by molar-refractivity contribution is 0.307. The number of pyridine rings is 1. The summed E-state index contributed by atoms with van der Waals surface area (Å²) in [5.41, 5.74) is 6.91. The molecule has 1 heterocycles. The molecule has 3 aromatic carbocycles. The third-order valence-corrected chi connectivity index (χ3v) is 5.52. The van der Waals surface area contributed by atoms with E-state index in [4.69, 9.17) is 4.74 Å². The number of hydrogen-bond donors (Lipinski definition) is 0. The number of benzene rings is 3. The monoisotopic (exact) mass is 407 g/mol. The number of aromatic nitrogens is 1. The minimum absolute atomic E-state index is 0.730. The van der Waals surface area contributed by atoms with E-state index >= 15 is 0 Å². The fraction of sp³-hybridized carbons (Fsp3) is 0.207. The first-order chi connectivity index (χ1) is 15.4. The van der Waals surface area contributed by atoms with Crippen LogP contribution < -0.4 is 4.74 Å². The zero-order valence-corrected chi connectivity index (χ0v) is 18.1. The maximum Gasteiger partial charge on any atom is 0.134 e. The summed E-state index contributed by atoms with van der Waals surface area (Å²) in [6.07, 6.45) is 8.44. The highest BCUT2D eigenvalue weighted by Crippen LogP contribution is 2.42. The van der Waals surface area contributed by atoms with Gasteiger partial charge in [0.25, 0.3) is 0 Å². The highest BCUT2D eigenvalue weighted by Gasteiger charge is 2.16. The van der Waals surface area contributed by atoms with Gasteiger partial charge in [-0.1, -0.05) is 86.8 Å². The lowest BCUT2D eigenvalue weighted by atomic mass is 9.92. The molecular weight excluding hydrogens is 378 g/mol. The van der Waals surface area contributed by atoms with Crippen LogP contribution in [0.25, 0.3) is 33.4 Å². The normalized spacial score (nSPS) is 10.7. The maximum absolute atomic E-state index is 6.50. The smallest absolute Gasteiger partial charge is 0.134 e. The van der Waals surface area contributed by atoms with E-state index in [0.29, 0.717) is 0 Å². The largest absolute Gasteiger partial charge is 0.492 e. The van der Waals surface area contributed by atoms with Gasteiger partial charge in [-0.3, -0.25) is 4.98 Å². The van der Waals surface area contributed by atoms with Crippen LogP contribution in [-0.4, -0.2) is 11.6 Å². The molecule has 0 aliphatic rings. The average molecular weight is 408 g/mol. The van der Waals surface area contributed by atoms with Crippen molar-refractivity contribution in [3.05, 3.63) is 97.3 Å². The molecule has 0 unspecified atom stereocenters. The zero-order chi connectivity index (χ0) is 21.3. The van der Waals surface area contributed by atoms with Crippen molar-refractivity contribution in [1.82, 2.24) is 4.98 Å². The SMILES string of the molecule is CCCCCCOc1c(-c2ccccc2)cc(-c2ccncc2)cc1-c1ccccc1. The maximum atomic E-state index is 6.50. The Morgan fingerprint density at radius 1 is 0.613 bits per heavy atom. The van der Waals surface area contributed by atoms with Crippen LogP contribution >= 0.6 is 0 Å². The molecule has 1 aromatic heterocycles. The molecule has 31 heavy (non-hydrogen) atoms. The fourth-order valence-corrected chi connectivity index (χ4v) is 3.86. The van der Waals surface area contributed by atoms with Crippen LogP contribution in [0.2, 0.25) is 0 Å². The quantitative estimate of drug-likeness (QED) is 0.262. The molecule has 0 saturated carbocycles. The number of rotatable bonds is 9. The highest BCUT2D eigenvalue weighted by molar-refractivity contribution is 5.88. The van der Waals surface area contributed by atoms with Gasteiger partial charge in [0.05, 0.1) is 6.61 Å². The van der Waals surface area contributed by atoms with Crippen molar-refractivity contribution < 1.29 is 4.74 Å². The highest BCUT2D eigenvalue weighted by atomic mass is 16.5. The van der Waals surface area contributed by atoms with Gasteiger partial charge in [-0.15, -0.1) is 0 Å². The molecule has 0 spiro atoms.